The molecule has 110 valence electrons. The van der Waals surface area contributed by atoms with Crippen LogP contribution < -0.4 is 10.2 Å². The Kier molecular flexibility index (Phi) is 4.81. The van der Waals surface area contributed by atoms with Crippen molar-refractivity contribution in [3.63, 3.8) is 0 Å². The SMILES string of the molecule is CC(C)NC(=O)C1CCN(c2ncc(Cl)cc2F)CC1. The van der Waals surface area contributed by atoms with Crippen molar-refractivity contribution in [2.45, 2.75) is 32.7 Å². The van der Waals surface area contributed by atoms with E-state index < -0.39 is 5.82 Å². The molecule has 0 aromatic carbocycles. The van der Waals surface area contributed by atoms with Crippen LogP contribution in [-0.4, -0.2) is 30.0 Å². The van der Waals surface area contributed by atoms with E-state index in [2.05, 4.69) is 10.3 Å². The molecule has 20 heavy (non-hydrogen) atoms. The van der Waals surface area contributed by atoms with E-state index in [1.54, 1.807) is 0 Å². The summed E-state index contributed by atoms with van der Waals surface area (Å²) in [5.74, 6) is -0.00658. The zero-order valence-corrected chi connectivity index (χ0v) is 12.5. The van der Waals surface area contributed by atoms with Gasteiger partial charge in [-0.25, -0.2) is 9.37 Å². The van der Waals surface area contributed by atoms with E-state index in [9.17, 15) is 9.18 Å². The van der Waals surface area contributed by atoms with Crippen molar-refractivity contribution in [2.24, 2.45) is 5.92 Å². The van der Waals surface area contributed by atoms with Gasteiger partial charge in [-0.15, -0.1) is 0 Å². The van der Waals surface area contributed by atoms with Gasteiger partial charge in [-0.3, -0.25) is 4.79 Å². The first kappa shape index (κ1) is 15.0. The summed E-state index contributed by atoms with van der Waals surface area (Å²) in [5.41, 5.74) is 0. The maximum atomic E-state index is 13.8. The molecular formula is C14H19ClFN3O. The Hall–Kier alpha value is -1.36. The molecule has 1 aliphatic rings. The van der Waals surface area contributed by atoms with Gasteiger partial charge in [-0.1, -0.05) is 11.6 Å². The van der Waals surface area contributed by atoms with Crippen LogP contribution in [0.5, 0.6) is 0 Å². The number of nitrogens with zero attached hydrogens (tertiary/aromatic N) is 2. The predicted molar refractivity (Wildman–Crippen MR) is 77.4 cm³/mol. The van der Waals surface area contributed by atoms with Gasteiger partial charge in [-0.2, -0.15) is 0 Å². The van der Waals surface area contributed by atoms with Crippen LogP contribution in [0.15, 0.2) is 12.3 Å². The molecule has 2 heterocycles. The van der Waals surface area contributed by atoms with Gasteiger partial charge in [-0.05, 0) is 32.8 Å². The van der Waals surface area contributed by atoms with Crippen molar-refractivity contribution >= 4 is 23.3 Å². The van der Waals surface area contributed by atoms with Gasteiger partial charge in [0.2, 0.25) is 5.91 Å². The first-order chi connectivity index (χ1) is 9.47. The smallest absolute Gasteiger partial charge is 0.223 e. The maximum Gasteiger partial charge on any atom is 0.223 e. The van der Waals surface area contributed by atoms with Gasteiger partial charge in [0, 0.05) is 31.2 Å². The van der Waals surface area contributed by atoms with Crippen LogP contribution in [0.2, 0.25) is 5.02 Å². The molecule has 0 atom stereocenters. The molecule has 0 aliphatic carbocycles. The lowest BCUT2D eigenvalue weighted by Gasteiger charge is -2.32. The zero-order chi connectivity index (χ0) is 14.7. The van der Waals surface area contributed by atoms with Crippen molar-refractivity contribution in [2.75, 3.05) is 18.0 Å². The topological polar surface area (TPSA) is 45.2 Å². The quantitative estimate of drug-likeness (QED) is 0.933. The number of amides is 1. The van der Waals surface area contributed by atoms with Crippen molar-refractivity contribution in [3.8, 4) is 0 Å². The van der Waals surface area contributed by atoms with E-state index >= 15 is 0 Å². The van der Waals surface area contributed by atoms with Gasteiger partial charge < -0.3 is 10.2 Å². The van der Waals surface area contributed by atoms with E-state index in [1.165, 1.54) is 12.3 Å². The number of nitrogens with one attached hydrogen (secondary N) is 1. The van der Waals surface area contributed by atoms with Crippen LogP contribution in [0, 0.1) is 11.7 Å². The molecule has 0 bridgehead atoms. The number of pyridine rings is 1. The Morgan fingerprint density at radius 3 is 2.70 bits per heavy atom. The molecular weight excluding hydrogens is 281 g/mol. The molecule has 4 nitrogen and oxygen atoms in total. The number of carbonyl (C=O) groups excluding carboxylic acids is 1. The van der Waals surface area contributed by atoms with Crippen LogP contribution in [0.4, 0.5) is 10.2 Å². The van der Waals surface area contributed by atoms with Crippen LogP contribution in [0.25, 0.3) is 0 Å². The zero-order valence-electron chi connectivity index (χ0n) is 11.7. The van der Waals surface area contributed by atoms with Crippen LogP contribution in [-0.2, 0) is 4.79 Å². The van der Waals surface area contributed by atoms with Crippen LogP contribution in [0.3, 0.4) is 0 Å². The van der Waals surface area contributed by atoms with Gasteiger partial charge in [0.1, 0.15) is 0 Å². The summed E-state index contributed by atoms with van der Waals surface area (Å²) in [6.45, 7) is 5.14. The largest absolute Gasteiger partial charge is 0.354 e. The molecule has 2 rings (SSSR count). The van der Waals surface area contributed by atoms with Gasteiger partial charge >= 0.3 is 0 Å². The number of anilines is 1. The van der Waals surface area contributed by atoms with Crippen LogP contribution in [0.1, 0.15) is 26.7 Å². The first-order valence-electron chi connectivity index (χ1n) is 6.83. The molecule has 1 saturated heterocycles. The molecule has 0 radical (unpaired) electrons. The average molecular weight is 300 g/mol. The molecule has 0 spiro atoms. The monoisotopic (exact) mass is 299 g/mol. The van der Waals surface area contributed by atoms with Gasteiger partial charge in [0.25, 0.3) is 0 Å². The molecule has 1 aliphatic heterocycles. The van der Waals surface area contributed by atoms with Crippen molar-refractivity contribution in [1.29, 1.82) is 0 Å². The number of aromatic nitrogens is 1. The highest BCUT2D eigenvalue weighted by atomic mass is 35.5. The minimum Gasteiger partial charge on any atom is -0.354 e. The second-order valence-corrected chi connectivity index (χ2v) is 5.82. The summed E-state index contributed by atoms with van der Waals surface area (Å²) in [5, 5.41) is 3.21. The fourth-order valence-corrected chi connectivity index (χ4v) is 2.54. The Morgan fingerprint density at radius 2 is 2.15 bits per heavy atom. The molecule has 0 saturated carbocycles. The normalized spacial score (nSPS) is 16.6. The minimum atomic E-state index is -0.414. The standard InChI is InChI=1S/C14H19ClFN3O/c1-9(2)18-14(20)10-3-5-19(6-4-10)13-12(16)7-11(15)8-17-13/h7-10H,3-6H2,1-2H3,(H,18,20). The van der Waals surface area contributed by atoms with E-state index in [1.807, 2.05) is 18.7 Å². The molecule has 0 unspecified atom stereocenters. The molecule has 1 aromatic rings. The van der Waals surface area contributed by atoms with E-state index in [4.69, 9.17) is 11.6 Å². The highest BCUT2D eigenvalue weighted by Crippen LogP contribution is 2.25. The third-order valence-corrected chi connectivity index (χ3v) is 3.59. The highest BCUT2D eigenvalue weighted by Gasteiger charge is 2.27. The minimum absolute atomic E-state index is 0.00371. The summed E-state index contributed by atoms with van der Waals surface area (Å²) >= 11 is 5.70. The molecule has 1 fully saturated rings. The van der Waals surface area contributed by atoms with E-state index in [0.717, 1.165) is 0 Å². The fraction of sp³-hybridized carbons (Fsp3) is 0.571. The summed E-state index contributed by atoms with van der Waals surface area (Å²) in [7, 11) is 0. The van der Waals surface area contributed by atoms with Crippen LogP contribution >= 0.6 is 11.6 Å². The Morgan fingerprint density at radius 1 is 1.50 bits per heavy atom. The molecule has 1 aromatic heterocycles. The summed E-state index contributed by atoms with van der Waals surface area (Å²) in [6.07, 6.45) is 2.86. The van der Waals surface area contributed by atoms with E-state index in [0.29, 0.717) is 31.7 Å². The van der Waals surface area contributed by atoms with Gasteiger partial charge in [0.15, 0.2) is 11.6 Å². The Labute approximate surface area is 123 Å². The number of hydrogen-bond donors (Lipinski definition) is 1. The average Bonchev–Trinajstić information content (AvgIpc) is 2.38. The lowest BCUT2D eigenvalue weighted by Crippen LogP contribution is -2.42. The van der Waals surface area contributed by atoms with E-state index in [-0.39, 0.29) is 22.9 Å². The number of hydrogen-bond acceptors (Lipinski definition) is 3. The number of piperidine rings is 1. The Bertz CT molecular complexity index is 487. The van der Waals surface area contributed by atoms with Crippen molar-refractivity contribution in [1.82, 2.24) is 10.3 Å². The summed E-state index contributed by atoms with van der Waals surface area (Å²) < 4.78 is 13.8. The lowest BCUT2D eigenvalue weighted by atomic mass is 9.95. The number of carbonyl (C=O) groups is 1. The van der Waals surface area contributed by atoms with Crippen molar-refractivity contribution < 1.29 is 9.18 Å². The third kappa shape index (κ3) is 3.60. The second-order valence-electron chi connectivity index (χ2n) is 5.38. The lowest BCUT2D eigenvalue weighted by molar-refractivity contribution is -0.126. The maximum absolute atomic E-state index is 13.8. The summed E-state index contributed by atoms with van der Waals surface area (Å²) in [4.78, 5) is 17.8. The molecule has 6 heteroatoms. The van der Waals surface area contributed by atoms with Crippen molar-refractivity contribution in [3.05, 3.63) is 23.1 Å². The Balaban J connectivity index is 1.95. The fourth-order valence-electron chi connectivity index (χ4n) is 2.40. The number of halogens is 2. The summed E-state index contributed by atoms with van der Waals surface area (Å²) in [6, 6.07) is 1.41. The first-order valence-corrected chi connectivity index (χ1v) is 7.21. The third-order valence-electron chi connectivity index (χ3n) is 3.38. The molecule has 1 amide bonds. The second kappa shape index (κ2) is 6.39. The van der Waals surface area contributed by atoms with Gasteiger partial charge in [0.05, 0.1) is 5.02 Å². The number of rotatable bonds is 3. The predicted octanol–water partition coefficient (Wildman–Crippen LogP) is 2.62. The highest BCUT2D eigenvalue weighted by molar-refractivity contribution is 6.30. The molecule has 1 N–H and O–H groups in total.